The molecule has 2 N–H and O–H groups in total. The Bertz CT molecular complexity index is 1000. The minimum atomic E-state index is -2.61. The van der Waals surface area contributed by atoms with Gasteiger partial charge in [-0.05, 0) is 63.7 Å². The van der Waals surface area contributed by atoms with E-state index in [4.69, 9.17) is 10.5 Å². The van der Waals surface area contributed by atoms with Crippen molar-refractivity contribution in [1.82, 2.24) is 24.3 Å². The lowest BCUT2D eigenvalue weighted by molar-refractivity contribution is -0.0353. The monoisotopic (exact) mass is 460 g/mol. The van der Waals surface area contributed by atoms with E-state index < -0.39 is 5.92 Å². The lowest BCUT2D eigenvalue weighted by atomic mass is 9.84. The number of nitrogens with two attached hydrogens (primary N) is 1. The van der Waals surface area contributed by atoms with E-state index in [2.05, 4.69) is 19.8 Å². The normalized spacial score (nSPS) is 30.0. The van der Waals surface area contributed by atoms with Gasteiger partial charge in [0.15, 0.2) is 0 Å². The molecule has 5 heterocycles. The molecule has 0 aromatic carbocycles. The molecule has 180 valence electrons. The average molecular weight is 461 g/mol. The molecule has 0 radical (unpaired) electrons. The van der Waals surface area contributed by atoms with Gasteiger partial charge in [0.1, 0.15) is 24.0 Å². The summed E-state index contributed by atoms with van der Waals surface area (Å²) in [4.78, 5) is 13.0. The number of likely N-dealkylation sites (tertiary alicyclic amines) is 2. The SMILES string of the molecule is Nc1ncnc2c1ccn2C1CCC(CN2CC(F)(F)CC23CCN(CCC2CC2)CC3)O1. The van der Waals surface area contributed by atoms with Crippen molar-refractivity contribution in [2.75, 3.05) is 38.5 Å². The van der Waals surface area contributed by atoms with Crippen molar-refractivity contribution in [1.29, 1.82) is 0 Å². The molecule has 2 aromatic rings. The van der Waals surface area contributed by atoms with E-state index in [0.29, 0.717) is 12.4 Å². The number of anilines is 1. The number of rotatable bonds is 6. The van der Waals surface area contributed by atoms with E-state index >= 15 is 0 Å². The highest BCUT2D eigenvalue weighted by Crippen LogP contribution is 2.46. The zero-order valence-electron chi connectivity index (χ0n) is 19.1. The number of nitrogen functional groups attached to an aromatic ring is 1. The van der Waals surface area contributed by atoms with Gasteiger partial charge in [0.25, 0.3) is 5.92 Å². The first-order chi connectivity index (χ1) is 15.9. The molecule has 6 rings (SSSR count). The predicted octanol–water partition coefficient (Wildman–Crippen LogP) is 3.67. The van der Waals surface area contributed by atoms with Crippen LogP contribution < -0.4 is 5.73 Å². The molecule has 1 aliphatic carbocycles. The summed E-state index contributed by atoms with van der Waals surface area (Å²) in [6.45, 7) is 3.43. The molecule has 4 aliphatic rings. The van der Waals surface area contributed by atoms with Gasteiger partial charge in [-0.25, -0.2) is 18.7 Å². The molecule has 4 fully saturated rings. The Morgan fingerprint density at radius 2 is 1.94 bits per heavy atom. The Kier molecular flexibility index (Phi) is 5.34. The van der Waals surface area contributed by atoms with Crippen molar-refractivity contribution >= 4 is 16.9 Å². The Morgan fingerprint density at radius 3 is 2.73 bits per heavy atom. The van der Waals surface area contributed by atoms with Gasteiger partial charge < -0.3 is 19.9 Å². The second-order valence-corrected chi connectivity index (χ2v) is 10.7. The summed E-state index contributed by atoms with van der Waals surface area (Å²) in [7, 11) is 0. The molecule has 3 saturated heterocycles. The predicted molar refractivity (Wildman–Crippen MR) is 122 cm³/mol. The molecule has 2 atom stereocenters. The highest BCUT2D eigenvalue weighted by atomic mass is 19.3. The number of alkyl halides is 2. The van der Waals surface area contributed by atoms with Crippen LogP contribution in [0, 0.1) is 5.92 Å². The number of fused-ring (bicyclic) bond motifs is 1. The molecule has 2 unspecified atom stereocenters. The highest BCUT2D eigenvalue weighted by molar-refractivity contribution is 5.86. The minimum absolute atomic E-state index is 0.00888. The largest absolute Gasteiger partial charge is 0.383 e. The van der Waals surface area contributed by atoms with E-state index in [-0.39, 0.29) is 30.8 Å². The van der Waals surface area contributed by atoms with E-state index in [0.717, 1.165) is 62.3 Å². The fourth-order valence-corrected chi connectivity index (χ4v) is 6.31. The number of nitrogens with zero attached hydrogens (tertiary/aromatic N) is 5. The maximum absolute atomic E-state index is 14.6. The number of hydrogen-bond donors (Lipinski definition) is 1. The van der Waals surface area contributed by atoms with Gasteiger partial charge in [0.2, 0.25) is 0 Å². The first-order valence-electron chi connectivity index (χ1n) is 12.5. The van der Waals surface area contributed by atoms with Crippen molar-refractivity contribution in [2.45, 2.75) is 75.2 Å². The molecule has 33 heavy (non-hydrogen) atoms. The van der Waals surface area contributed by atoms with Crippen molar-refractivity contribution < 1.29 is 13.5 Å². The van der Waals surface area contributed by atoms with Gasteiger partial charge in [0.05, 0.1) is 18.0 Å². The summed E-state index contributed by atoms with van der Waals surface area (Å²) in [5, 5.41) is 0.816. The lowest BCUT2D eigenvalue weighted by Crippen LogP contribution is -2.53. The topological polar surface area (TPSA) is 72.4 Å². The summed E-state index contributed by atoms with van der Waals surface area (Å²) < 4.78 is 37.7. The summed E-state index contributed by atoms with van der Waals surface area (Å²) >= 11 is 0. The molecule has 1 saturated carbocycles. The molecule has 9 heteroatoms. The van der Waals surface area contributed by atoms with Crippen LogP contribution >= 0.6 is 0 Å². The second-order valence-electron chi connectivity index (χ2n) is 10.7. The number of ether oxygens (including phenoxy) is 1. The van der Waals surface area contributed by atoms with Gasteiger partial charge in [-0.2, -0.15) is 0 Å². The van der Waals surface area contributed by atoms with Crippen molar-refractivity contribution in [2.24, 2.45) is 5.92 Å². The molecular formula is C24H34F2N6O. The maximum atomic E-state index is 14.6. The molecule has 2 aromatic heterocycles. The third kappa shape index (κ3) is 4.23. The molecule has 3 aliphatic heterocycles. The lowest BCUT2D eigenvalue weighted by Gasteiger charge is -2.45. The molecular weight excluding hydrogens is 426 g/mol. The summed E-state index contributed by atoms with van der Waals surface area (Å²) in [6.07, 6.45) is 10.6. The van der Waals surface area contributed by atoms with Crippen molar-refractivity contribution in [3.63, 3.8) is 0 Å². The Labute approximate surface area is 193 Å². The van der Waals surface area contributed by atoms with E-state index in [9.17, 15) is 8.78 Å². The van der Waals surface area contributed by atoms with Crippen LogP contribution in [0.5, 0.6) is 0 Å². The zero-order valence-corrected chi connectivity index (χ0v) is 19.1. The standard InChI is InChI=1S/C24H34F2N6O/c25-24(26)14-23(7-11-30(12-8-23)9-5-17-1-2-17)31(15-24)13-18-3-4-20(33-18)32-10-6-19-21(27)28-16-29-22(19)32/h6,10,16-18,20H,1-5,7-9,11-15H2,(H2,27,28,29). The summed E-state index contributed by atoms with van der Waals surface area (Å²) in [5.41, 5.74) is 6.34. The smallest absolute Gasteiger partial charge is 0.262 e. The fraction of sp³-hybridized carbons (Fsp3) is 0.750. The van der Waals surface area contributed by atoms with E-state index in [1.165, 1.54) is 25.6 Å². The Balaban J connectivity index is 1.11. The summed E-state index contributed by atoms with van der Waals surface area (Å²) in [5.74, 6) is -1.24. The third-order valence-electron chi connectivity index (χ3n) is 8.38. The first kappa shape index (κ1) is 21.7. The van der Waals surface area contributed by atoms with Crippen molar-refractivity contribution in [3.05, 3.63) is 18.6 Å². The number of piperidine rings is 1. The molecule has 7 nitrogen and oxygen atoms in total. The van der Waals surface area contributed by atoms with Gasteiger partial charge in [0, 0.05) is 24.7 Å². The third-order valence-corrected chi connectivity index (χ3v) is 8.38. The molecule has 0 bridgehead atoms. The number of halogens is 2. The van der Waals surface area contributed by atoms with Gasteiger partial charge in [-0.1, -0.05) is 12.8 Å². The highest BCUT2D eigenvalue weighted by Gasteiger charge is 2.55. The van der Waals surface area contributed by atoms with Crippen LogP contribution in [-0.2, 0) is 4.74 Å². The quantitative estimate of drug-likeness (QED) is 0.709. The van der Waals surface area contributed by atoms with Gasteiger partial charge >= 0.3 is 0 Å². The summed E-state index contributed by atoms with van der Waals surface area (Å²) in [6, 6.07) is 1.91. The average Bonchev–Trinajstić information content (AvgIpc) is 3.21. The molecule has 0 amide bonds. The minimum Gasteiger partial charge on any atom is -0.383 e. The Hall–Kier alpha value is -1.84. The van der Waals surface area contributed by atoms with Gasteiger partial charge in [-0.15, -0.1) is 0 Å². The van der Waals surface area contributed by atoms with Crippen molar-refractivity contribution in [3.8, 4) is 0 Å². The fourth-order valence-electron chi connectivity index (χ4n) is 6.31. The van der Waals surface area contributed by atoms with Crippen LogP contribution in [0.4, 0.5) is 14.6 Å². The van der Waals surface area contributed by atoms with E-state index in [1.54, 1.807) is 0 Å². The Morgan fingerprint density at radius 1 is 1.12 bits per heavy atom. The number of aromatic nitrogens is 3. The number of hydrogen-bond acceptors (Lipinski definition) is 6. The van der Waals surface area contributed by atoms with Crippen LogP contribution in [0.2, 0.25) is 0 Å². The molecule has 1 spiro atoms. The maximum Gasteiger partial charge on any atom is 0.262 e. The van der Waals surface area contributed by atoms with Crippen LogP contribution in [0.15, 0.2) is 18.6 Å². The second kappa shape index (κ2) is 8.13. The van der Waals surface area contributed by atoms with Crippen LogP contribution in [0.3, 0.4) is 0 Å². The van der Waals surface area contributed by atoms with Crippen LogP contribution in [0.25, 0.3) is 11.0 Å². The van der Waals surface area contributed by atoms with Gasteiger partial charge in [-0.3, -0.25) is 4.90 Å². The van der Waals surface area contributed by atoms with Crippen LogP contribution in [-0.4, -0.2) is 74.6 Å². The van der Waals surface area contributed by atoms with E-state index in [1.807, 2.05) is 16.8 Å². The zero-order chi connectivity index (χ0) is 22.6. The van der Waals surface area contributed by atoms with Crippen LogP contribution in [0.1, 0.15) is 57.6 Å². The first-order valence-corrected chi connectivity index (χ1v) is 12.5.